The Morgan fingerprint density at radius 2 is 1.65 bits per heavy atom. The van der Waals surface area contributed by atoms with E-state index in [1.54, 1.807) is 42.5 Å². The van der Waals surface area contributed by atoms with Crippen LogP contribution in [0.5, 0.6) is 0 Å². The largest absolute Gasteiger partial charge is 0.337 e. The van der Waals surface area contributed by atoms with Crippen LogP contribution in [-0.4, -0.2) is 11.9 Å². The lowest BCUT2D eigenvalue weighted by atomic mass is 10.2. The standard InChI is InChI=1S/C14H12ClN3O2/c15-11-6-4-5-10(9-11)13(19)17-18-14(20)16-12-7-2-1-3-8-12/h1-9H,(H,17,19)(H2,16,18,20). The summed E-state index contributed by atoms with van der Waals surface area (Å²) in [4.78, 5) is 23.3. The van der Waals surface area contributed by atoms with E-state index in [4.69, 9.17) is 11.6 Å². The Kier molecular flexibility index (Phi) is 4.57. The lowest BCUT2D eigenvalue weighted by Gasteiger charge is -2.09. The Labute approximate surface area is 120 Å². The Morgan fingerprint density at radius 1 is 0.900 bits per heavy atom. The fourth-order valence-corrected chi connectivity index (χ4v) is 1.69. The van der Waals surface area contributed by atoms with Crippen LogP contribution >= 0.6 is 11.6 Å². The first-order chi connectivity index (χ1) is 9.65. The van der Waals surface area contributed by atoms with E-state index in [0.717, 1.165) is 0 Å². The van der Waals surface area contributed by atoms with Gasteiger partial charge in [0.2, 0.25) is 0 Å². The Bertz CT molecular complexity index is 617. The average molecular weight is 290 g/mol. The van der Waals surface area contributed by atoms with Crippen LogP contribution in [0.25, 0.3) is 0 Å². The molecule has 0 aliphatic carbocycles. The minimum Gasteiger partial charge on any atom is -0.307 e. The topological polar surface area (TPSA) is 70.2 Å². The maximum atomic E-state index is 11.7. The molecular formula is C14H12ClN3O2. The molecule has 0 aromatic heterocycles. The molecule has 0 atom stereocenters. The van der Waals surface area contributed by atoms with E-state index in [0.29, 0.717) is 16.3 Å². The Balaban J connectivity index is 1.86. The first kappa shape index (κ1) is 13.9. The highest BCUT2D eigenvalue weighted by molar-refractivity contribution is 6.30. The number of nitrogens with one attached hydrogen (secondary N) is 3. The molecule has 0 bridgehead atoms. The van der Waals surface area contributed by atoms with E-state index in [2.05, 4.69) is 16.2 Å². The number of hydrazine groups is 1. The van der Waals surface area contributed by atoms with Gasteiger partial charge in [0.05, 0.1) is 0 Å². The van der Waals surface area contributed by atoms with Crippen molar-refractivity contribution in [3.8, 4) is 0 Å². The lowest BCUT2D eigenvalue weighted by molar-refractivity contribution is 0.0938. The third kappa shape index (κ3) is 4.00. The van der Waals surface area contributed by atoms with Crippen molar-refractivity contribution < 1.29 is 9.59 Å². The molecule has 0 saturated heterocycles. The van der Waals surface area contributed by atoms with Crippen molar-refractivity contribution in [1.29, 1.82) is 0 Å². The summed E-state index contributed by atoms with van der Waals surface area (Å²) in [6.45, 7) is 0. The van der Waals surface area contributed by atoms with Crippen LogP contribution in [0.15, 0.2) is 54.6 Å². The molecule has 3 amide bonds. The van der Waals surface area contributed by atoms with Crippen molar-refractivity contribution in [3.05, 3.63) is 65.2 Å². The summed E-state index contributed by atoms with van der Waals surface area (Å²) in [5, 5.41) is 3.02. The minimum atomic E-state index is -0.536. The molecule has 102 valence electrons. The predicted molar refractivity (Wildman–Crippen MR) is 77.5 cm³/mol. The fraction of sp³-hybridized carbons (Fsp3) is 0. The van der Waals surface area contributed by atoms with Crippen LogP contribution in [0.1, 0.15) is 10.4 Å². The zero-order chi connectivity index (χ0) is 14.4. The van der Waals surface area contributed by atoms with Gasteiger partial charge in [-0.2, -0.15) is 0 Å². The summed E-state index contributed by atoms with van der Waals surface area (Å²) in [7, 11) is 0. The van der Waals surface area contributed by atoms with Crippen LogP contribution in [0, 0.1) is 0 Å². The van der Waals surface area contributed by atoms with Crippen molar-refractivity contribution in [2.75, 3.05) is 5.32 Å². The Morgan fingerprint density at radius 3 is 2.35 bits per heavy atom. The van der Waals surface area contributed by atoms with Crippen molar-refractivity contribution in [3.63, 3.8) is 0 Å². The van der Waals surface area contributed by atoms with E-state index in [1.807, 2.05) is 6.07 Å². The molecule has 5 nitrogen and oxygen atoms in total. The second-order valence-electron chi connectivity index (χ2n) is 3.91. The summed E-state index contributed by atoms with van der Waals surface area (Å²) in [5.41, 5.74) is 5.53. The molecular weight excluding hydrogens is 278 g/mol. The van der Waals surface area contributed by atoms with Crippen molar-refractivity contribution in [1.82, 2.24) is 10.9 Å². The van der Waals surface area contributed by atoms with E-state index in [9.17, 15) is 9.59 Å². The van der Waals surface area contributed by atoms with Gasteiger partial charge in [-0.25, -0.2) is 10.2 Å². The number of hydrogen-bond donors (Lipinski definition) is 3. The molecule has 0 spiro atoms. The van der Waals surface area contributed by atoms with Gasteiger partial charge >= 0.3 is 6.03 Å². The second kappa shape index (κ2) is 6.58. The molecule has 20 heavy (non-hydrogen) atoms. The summed E-state index contributed by atoms with van der Waals surface area (Å²) in [5.74, 6) is -0.448. The van der Waals surface area contributed by atoms with E-state index < -0.39 is 11.9 Å². The molecule has 2 aromatic carbocycles. The van der Waals surface area contributed by atoms with Gasteiger partial charge in [-0.3, -0.25) is 10.2 Å². The van der Waals surface area contributed by atoms with Crippen LogP contribution in [-0.2, 0) is 0 Å². The molecule has 0 unspecified atom stereocenters. The number of benzene rings is 2. The summed E-state index contributed by atoms with van der Waals surface area (Å²) in [6.07, 6.45) is 0. The average Bonchev–Trinajstić information content (AvgIpc) is 2.46. The molecule has 6 heteroatoms. The molecule has 3 N–H and O–H groups in total. The number of urea groups is 1. The third-order valence-electron chi connectivity index (χ3n) is 2.41. The number of anilines is 1. The molecule has 0 fully saturated rings. The number of para-hydroxylation sites is 1. The first-order valence-electron chi connectivity index (χ1n) is 5.83. The monoisotopic (exact) mass is 289 g/mol. The van der Waals surface area contributed by atoms with Gasteiger partial charge in [0.25, 0.3) is 5.91 Å². The fourth-order valence-electron chi connectivity index (χ4n) is 1.50. The lowest BCUT2D eigenvalue weighted by Crippen LogP contribution is -2.43. The number of amides is 3. The Hall–Kier alpha value is -2.53. The van der Waals surface area contributed by atoms with E-state index >= 15 is 0 Å². The van der Waals surface area contributed by atoms with Crippen LogP contribution in [0.2, 0.25) is 5.02 Å². The van der Waals surface area contributed by atoms with Crippen LogP contribution < -0.4 is 16.2 Å². The number of rotatable bonds is 2. The second-order valence-corrected chi connectivity index (χ2v) is 4.35. The highest BCUT2D eigenvalue weighted by Crippen LogP contribution is 2.10. The van der Waals surface area contributed by atoms with Gasteiger partial charge in [0.15, 0.2) is 0 Å². The highest BCUT2D eigenvalue weighted by Gasteiger charge is 2.07. The van der Waals surface area contributed by atoms with Crippen LogP contribution in [0.4, 0.5) is 10.5 Å². The highest BCUT2D eigenvalue weighted by atomic mass is 35.5. The van der Waals surface area contributed by atoms with Crippen molar-refractivity contribution in [2.45, 2.75) is 0 Å². The number of carbonyl (C=O) groups is 2. The minimum absolute atomic E-state index is 0.359. The normalized spacial score (nSPS) is 9.65. The molecule has 0 aliphatic heterocycles. The molecule has 0 radical (unpaired) electrons. The molecule has 0 heterocycles. The smallest absolute Gasteiger partial charge is 0.307 e. The summed E-state index contributed by atoms with van der Waals surface area (Å²) >= 11 is 5.78. The first-order valence-corrected chi connectivity index (χ1v) is 6.21. The van der Waals surface area contributed by atoms with Crippen LogP contribution in [0.3, 0.4) is 0 Å². The zero-order valence-corrected chi connectivity index (χ0v) is 11.1. The van der Waals surface area contributed by atoms with Gasteiger partial charge in [0, 0.05) is 16.3 Å². The molecule has 2 aromatic rings. The molecule has 0 aliphatic rings. The van der Waals surface area contributed by atoms with E-state index in [1.165, 1.54) is 6.07 Å². The van der Waals surface area contributed by atoms with Gasteiger partial charge < -0.3 is 5.32 Å². The molecule has 0 saturated carbocycles. The van der Waals surface area contributed by atoms with Gasteiger partial charge in [-0.05, 0) is 30.3 Å². The number of carbonyl (C=O) groups excluding carboxylic acids is 2. The maximum absolute atomic E-state index is 11.7. The summed E-state index contributed by atoms with van der Waals surface area (Å²) in [6, 6.07) is 14.8. The SMILES string of the molecule is O=C(NNC(=O)c1cccc(Cl)c1)Nc1ccccc1. The van der Waals surface area contributed by atoms with E-state index in [-0.39, 0.29) is 0 Å². The maximum Gasteiger partial charge on any atom is 0.337 e. The zero-order valence-electron chi connectivity index (χ0n) is 10.4. The predicted octanol–water partition coefficient (Wildman–Crippen LogP) is 2.81. The quantitative estimate of drug-likeness (QED) is 0.744. The van der Waals surface area contributed by atoms with Gasteiger partial charge in [0.1, 0.15) is 0 Å². The molecule has 2 rings (SSSR count). The van der Waals surface area contributed by atoms with Crippen molar-refractivity contribution >= 4 is 29.2 Å². The van der Waals surface area contributed by atoms with Crippen molar-refractivity contribution in [2.24, 2.45) is 0 Å². The number of hydrogen-bond acceptors (Lipinski definition) is 2. The summed E-state index contributed by atoms with van der Waals surface area (Å²) < 4.78 is 0. The third-order valence-corrected chi connectivity index (χ3v) is 2.64. The number of halogens is 1. The van der Waals surface area contributed by atoms with Gasteiger partial charge in [-0.15, -0.1) is 0 Å². The van der Waals surface area contributed by atoms with Gasteiger partial charge in [-0.1, -0.05) is 35.9 Å².